The maximum absolute atomic E-state index is 12.8. The largest absolute Gasteiger partial charge is 0.376 e. The molecule has 0 fully saturated rings. The van der Waals surface area contributed by atoms with Gasteiger partial charge in [-0.1, -0.05) is 36.4 Å². The normalized spacial score (nSPS) is 14.2. The van der Waals surface area contributed by atoms with E-state index in [1.54, 1.807) is 64.7 Å². The molecule has 4 amide bonds. The molecule has 8 aromatic rings. The summed E-state index contributed by atoms with van der Waals surface area (Å²) in [4.78, 5) is 75.6. The minimum Gasteiger partial charge on any atom is -0.376 e. The Bertz CT molecular complexity index is 3320. The molecule has 10 rings (SSSR count). The van der Waals surface area contributed by atoms with Crippen LogP contribution < -0.4 is 10.6 Å². The Kier molecular flexibility index (Phi) is 8.60. The van der Waals surface area contributed by atoms with Gasteiger partial charge in [-0.05, 0) is 24.3 Å². The van der Waals surface area contributed by atoms with Gasteiger partial charge in [-0.25, -0.2) is 0 Å². The van der Waals surface area contributed by atoms with Crippen molar-refractivity contribution in [2.75, 3.05) is 0 Å². The number of amides is 4. The van der Waals surface area contributed by atoms with Crippen molar-refractivity contribution in [1.82, 2.24) is 29.3 Å². The Morgan fingerprint density at radius 3 is 1.48 bits per heavy atom. The summed E-state index contributed by atoms with van der Waals surface area (Å²) in [6, 6.07) is 23.7. The fourth-order valence-corrected chi connectivity index (χ4v) is 8.15. The standard InChI is InChI=1S/C22H16N4O5.C21H14N4O4/c1-24-9-15(14-7-6-12(26(30)31)8-18(14)24)19-20(22(29)23-21(19)28)16-10-25(11-27)17-5-3-2-4-13(16)17;1-24-10-15(13-7-6-11(25(28)29)8-17(13)24)19-18(20(26)23-21(19)27)14-9-22-16-5-3-2-4-12(14)16/h2-10,27H,11H2,1H3,(H,23,28,29);2-10,22H,1H3,(H,23,26,27). The number of aromatic amines is 1. The number of benzene rings is 4. The molecule has 6 heterocycles. The molecule has 0 saturated heterocycles. The van der Waals surface area contributed by atoms with Gasteiger partial charge in [-0.3, -0.25) is 50.0 Å². The Morgan fingerprint density at radius 2 is 0.983 bits per heavy atom. The number of nitrogens with one attached hydrogen (secondary N) is 3. The van der Waals surface area contributed by atoms with E-state index in [2.05, 4.69) is 15.6 Å². The molecule has 4 N–H and O–H groups in total. The molecule has 0 spiro atoms. The van der Waals surface area contributed by atoms with Gasteiger partial charge >= 0.3 is 0 Å². The van der Waals surface area contributed by atoms with Crippen LogP contribution in [0.5, 0.6) is 0 Å². The first-order chi connectivity index (χ1) is 28.9. The highest BCUT2D eigenvalue weighted by Crippen LogP contribution is 2.41. The second kappa shape index (κ2) is 13.9. The van der Waals surface area contributed by atoms with Crippen molar-refractivity contribution >= 4 is 101 Å². The van der Waals surface area contributed by atoms with E-state index in [-0.39, 0.29) is 34.8 Å². The number of carbonyl (C=O) groups excluding carboxylic acids is 4. The van der Waals surface area contributed by atoms with Gasteiger partial charge < -0.3 is 23.8 Å². The number of nitrogens with zero attached hydrogens (tertiary/aromatic N) is 5. The van der Waals surface area contributed by atoms with Crippen LogP contribution in [-0.2, 0) is 40.0 Å². The quantitative estimate of drug-likeness (QED) is 0.0880. The van der Waals surface area contributed by atoms with Crippen LogP contribution in [0.25, 0.3) is 65.9 Å². The lowest BCUT2D eigenvalue weighted by Crippen LogP contribution is -2.22. The summed E-state index contributed by atoms with van der Waals surface area (Å²) < 4.78 is 5.00. The van der Waals surface area contributed by atoms with Gasteiger partial charge in [0.15, 0.2) is 0 Å². The number of hydrogen-bond acceptors (Lipinski definition) is 9. The number of aliphatic hydroxyl groups excluding tert-OH is 1. The lowest BCUT2D eigenvalue weighted by Gasteiger charge is -2.03. The average Bonchev–Trinajstić information content (AvgIpc) is 4.08. The summed E-state index contributed by atoms with van der Waals surface area (Å²) in [6.07, 6.45) is 6.77. The van der Waals surface area contributed by atoms with Gasteiger partial charge in [0.25, 0.3) is 35.0 Å². The zero-order valence-electron chi connectivity index (χ0n) is 31.5. The lowest BCUT2D eigenvalue weighted by atomic mass is 9.95. The summed E-state index contributed by atoms with van der Waals surface area (Å²) >= 11 is 0. The second-order valence-corrected chi connectivity index (χ2v) is 14.2. The topological polar surface area (TPSA) is 229 Å². The summed E-state index contributed by atoms with van der Waals surface area (Å²) in [6.45, 7) is -0.281. The van der Waals surface area contributed by atoms with Crippen molar-refractivity contribution in [3.8, 4) is 0 Å². The minimum absolute atomic E-state index is 0.0389. The molecule has 17 nitrogen and oxygen atoms in total. The summed E-state index contributed by atoms with van der Waals surface area (Å²) in [7, 11) is 3.47. The fraction of sp³-hybridized carbons (Fsp3) is 0.0698. The van der Waals surface area contributed by atoms with E-state index in [0.29, 0.717) is 49.6 Å². The van der Waals surface area contributed by atoms with Crippen molar-refractivity contribution in [3.05, 3.63) is 152 Å². The van der Waals surface area contributed by atoms with Gasteiger partial charge in [0.05, 0.1) is 48.7 Å². The molecule has 296 valence electrons. The molecule has 0 radical (unpaired) electrons. The van der Waals surface area contributed by atoms with Crippen molar-refractivity contribution in [1.29, 1.82) is 0 Å². The molecular weight excluding hydrogens is 773 g/mol. The molecule has 60 heavy (non-hydrogen) atoms. The van der Waals surface area contributed by atoms with Crippen LogP contribution in [0.4, 0.5) is 11.4 Å². The first kappa shape index (κ1) is 37.2. The SMILES string of the molecule is Cn1cc(C2=C(c3c[nH]c4ccccc34)C(=O)NC2=O)c2ccc([N+](=O)[O-])cc21.Cn1cc(C2=C(c3cn(CO)c4ccccc34)C(=O)NC2=O)c2ccc([N+](=O)[O-])cc21. The maximum atomic E-state index is 12.8. The molecule has 4 aromatic carbocycles. The number of H-pyrrole nitrogens is 1. The predicted octanol–water partition coefficient (Wildman–Crippen LogP) is 5.69. The number of fused-ring (bicyclic) bond motifs is 4. The van der Waals surface area contributed by atoms with Gasteiger partial charge in [0.1, 0.15) is 6.73 Å². The highest BCUT2D eigenvalue weighted by atomic mass is 16.6. The third-order valence-electron chi connectivity index (χ3n) is 10.8. The molecular formula is C43H30N8O9. The molecule has 0 unspecified atom stereocenters. The number of non-ortho nitro benzene ring substituents is 2. The summed E-state index contributed by atoms with van der Waals surface area (Å²) in [5, 5.41) is 39.6. The number of aromatic nitrogens is 4. The molecule has 0 atom stereocenters. The molecule has 0 saturated carbocycles. The van der Waals surface area contributed by atoms with Crippen LogP contribution in [0.15, 0.2) is 110 Å². The highest BCUT2D eigenvalue weighted by Gasteiger charge is 2.37. The Hall–Kier alpha value is -8.44. The zero-order chi connectivity index (χ0) is 42.1. The van der Waals surface area contributed by atoms with Crippen LogP contribution in [0.2, 0.25) is 0 Å². The lowest BCUT2D eigenvalue weighted by molar-refractivity contribution is -0.384. The Balaban J connectivity index is 0.000000154. The number of para-hydroxylation sites is 2. The van der Waals surface area contributed by atoms with Gasteiger partial charge in [-0.15, -0.1) is 0 Å². The van der Waals surface area contributed by atoms with Crippen LogP contribution in [0, 0.1) is 20.2 Å². The van der Waals surface area contributed by atoms with Crippen LogP contribution in [0.1, 0.15) is 22.3 Å². The molecule has 2 aliphatic heterocycles. The maximum Gasteiger partial charge on any atom is 0.271 e. The van der Waals surface area contributed by atoms with Crippen molar-refractivity contribution in [2.45, 2.75) is 6.73 Å². The van der Waals surface area contributed by atoms with Crippen LogP contribution >= 0.6 is 0 Å². The number of aryl methyl sites for hydroxylation is 2. The number of rotatable bonds is 7. The number of aliphatic hydroxyl groups is 1. The van der Waals surface area contributed by atoms with Gasteiger partial charge in [0.2, 0.25) is 0 Å². The minimum atomic E-state index is -0.535. The molecule has 0 aliphatic carbocycles. The summed E-state index contributed by atoms with van der Waals surface area (Å²) in [5.41, 5.74) is 5.85. The van der Waals surface area contributed by atoms with Crippen molar-refractivity contribution < 1.29 is 34.1 Å². The number of imide groups is 2. The van der Waals surface area contributed by atoms with Gasteiger partial charge in [-0.2, -0.15) is 0 Å². The van der Waals surface area contributed by atoms with Crippen LogP contribution in [-0.4, -0.2) is 57.3 Å². The van der Waals surface area contributed by atoms with E-state index >= 15 is 0 Å². The second-order valence-electron chi connectivity index (χ2n) is 14.2. The predicted molar refractivity (Wildman–Crippen MR) is 222 cm³/mol. The fourth-order valence-electron chi connectivity index (χ4n) is 8.15. The van der Waals surface area contributed by atoms with E-state index in [1.165, 1.54) is 24.3 Å². The Morgan fingerprint density at radius 1 is 0.550 bits per heavy atom. The average molecular weight is 803 g/mol. The summed E-state index contributed by atoms with van der Waals surface area (Å²) in [5.74, 6) is -2.01. The van der Waals surface area contributed by atoms with E-state index in [4.69, 9.17) is 0 Å². The van der Waals surface area contributed by atoms with Gasteiger partial charge in [0, 0.05) is 112 Å². The van der Waals surface area contributed by atoms with E-state index in [9.17, 15) is 44.5 Å². The molecule has 17 heteroatoms. The first-order valence-corrected chi connectivity index (χ1v) is 18.3. The Labute approximate surface area is 336 Å². The number of carbonyl (C=O) groups is 4. The van der Waals surface area contributed by atoms with E-state index < -0.39 is 33.5 Å². The first-order valence-electron chi connectivity index (χ1n) is 18.3. The molecule has 2 aliphatic rings. The smallest absolute Gasteiger partial charge is 0.271 e. The third kappa shape index (κ3) is 5.75. The monoisotopic (exact) mass is 802 g/mol. The number of nitro benzene ring substituents is 2. The number of hydrogen-bond donors (Lipinski definition) is 4. The zero-order valence-corrected chi connectivity index (χ0v) is 31.5. The third-order valence-corrected chi connectivity index (χ3v) is 10.8. The van der Waals surface area contributed by atoms with E-state index in [0.717, 1.165) is 21.8 Å². The van der Waals surface area contributed by atoms with Crippen molar-refractivity contribution in [3.63, 3.8) is 0 Å². The number of nitro groups is 2. The van der Waals surface area contributed by atoms with Crippen LogP contribution in [0.3, 0.4) is 0 Å². The highest BCUT2D eigenvalue weighted by molar-refractivity contribution is 6.51. The molecule has 4 aromatic heterocycles. The van der Waals surface area contributed by atoms with E-state index in [1.807, 2.05) is 48.5 Å². The van der Waals surface area contributed by atoms with Crippen molar-refractivity contribution in [2.24, 2.45) is 14.1 Å². The molecule has 0 bridgehead atoms.